The summed E-state index contributed by atoms with van der Waals surface area (Å²) in [5, 5.41) is 0. The average molecular weight is 249 g/mol. The molecule has 2 aromatic rings. The molecule has 3 heteroatoms. The third-order valence-electron chi connectivity index (χ3n) is 2.63. The molecule has 2 N–H and O–H groups in total. The van der Waals surface area contributed by atoms with E-state index < -0.39 is 0 Å². The Bertz CT molecular complexity index is 537. The van der Waals surface area contributed by atoms with Crippen molar-refractivity contribution in [3.63, 3.8) is 0 Å². The van der Waals surface area contributed by atoms with Crippen molar-refractivity contribution in [1.82, 2.24) is 0 Å². The Balaban J connectivity index is 2.40. The summed E-state index contributed by atoms with van der Waals surface area (Å²) in [4.78, 5) is 2.44. The van der Waals surface area contributed by atoms with Gasteiger partial charge in [-0.25, -0.2) is 4.39 Å². The summed E-state index contributed by atoms with van der Waals surface area (Å²) < 4.78 is 13.1. The molecule has 0 aliphatic rings. The molecule has 1 heterocycles. The van der Waals surface area contributed by atoms with Gasteiger partial charge in [-0.3, -0.25) is 0 Å². The van der Waals surface area contributed by atoms with Gasteiger partial charge in [0.1, 0.15) is 5.82 Å². The van der Waals surface area contributed by atoms with Crippen LogP contribution in [-0.2, 0) is 5.41 Å². The molecule has 90 valence electrons. The number of benzene rings is 1. The minimum Gasteiger partial charge on any atom is -0.396 e. The summed E-state index contributed by atoms with van der Waals surface area (Å²) in [6.07, 6.45) is 0. The van der Waals surface area contributed by atoms with Crippen LogP contribution in [0.4, 0.5) is 10.1 Å². The van der Waals surface area contributed by atoms with Crippen molar-refractivity contribution in [2.45, 2.75) is 26.2 Å². The summed E-state index contributed by atoms with van der Waals surface area (Å²) in [7, 11) is 0. The maximum absolute atomic E-state index is 13.1. The van der Waals surface area contributed by atoms with Crippen LogP contribution < -0.4 is 5.73 Å². The van der Waals surface area contributed by atoms with E-state index in [0.29, 0.717) is 0 Å². The zero-order chi connectivity index (χ0) is 12.6. The molecular weight excluding hydrogens is 233 g/mol. The maximum atomic E-state index is 13.1. The van der Waals surface area contributed by atoms with Crippen LogP contribution in [0.25, 0.3) is 10.4 Å². The molecule has 0 amide bonds. The van der Waals surface area contributed by atoms with Crippen molar-refractivity contribution in [1.29, 1.82) is 0 Å². The molecule has 1 aromatic carbocycles. The first-order chi connectivity index (χ1) is 7.88. The van der Waals surface area contributed by atoms with Crippen LogP contribution in [0.2, 0.25) is 0 Å². The van der Waals surface area contributed by atoms with E-state index in [0.717, 1.165) is 10.4 Å². The Kier molecular flexibility index (Phi) is 2.96. The zero-order valence-corrected chi connectivity index (χ0v) is 11.1. The van der Waals surface area contributed by atoms with Crippen molar-refractivity contribution >= 4 is 17.0 Å². The Morgan fingerprint density at radius 2 is 1.82 bits per heavy atom. The quantitative estimate of drug-likeness (QED) is 0.743. The Hall–Kier alpha value is -1.35. The van der Waals surface area contributed by atoms with E-state index >= 15 is 0 Å². The van der Waals surface area contributed by atoms with Gasteiger partial charge in [0.25, 0.3) is 0 Å². The van der Waals surface area contributed by atoms with Crippen LogP contribution in [0.1, 0.15) is 25.6 Å². The van der Waals surface area contributed by atoms with E-state index in [9.17, 15) is 4.39 Å². The summed E-state index contributed by atoms with van der Waals surface area (Å²) in [5.74, 6) is -0.360. The van der Waals surface area contributed by atoms with Gasteiger partial charge in [0.05, 0.1) is 5.69 Å². The summed E-state index contributed by atoms with van der Waals surface area (Å²) in [6, 6.07) is 9.07. The fraction of sp³-hybridized carbons (Fsp3) is 0.286. The van der Waals surface area contributed by atoms with Gasteiger partial charge in [-0.1, -0.05) is 26.8 Å². The molecule has 2 rings (SSSR count). The first-order valence-electron chi connectivity index (χ1n) is 5.53. The number of rotatable bonds is 1. The lowest BCUT2D eigenvalue weighted by Gasteiger charge is -2.15. The van der Waals surface area contributed by atoms with Gasteiger partial charge in [0, 0.05) is 9.75 Å². The highest BCUT2D eigenvalue weighted by atomic mass is 32.1. The van der Waals surface area contributed by atoms with Crippen LogP contribution in [0.3, 0.4) is 0 Å². The van der Waals surface area contributed by atoms with Crippen molar-refractivity contribution in [2.24, 2.45) is 0 Å². The fourth-order valence-electron chi connectivity index (χ4n) is 1.59. The van der Waals surface area contributed by atoms with Crippen molar-refractivity contribution in [3.05, 3.63) is 41.0 Å². The lowest BCUT2D eigenvalue weighted by atomic mass is 9.95. The number of hydrogen-bond acceptors (Lipinski definition) is 2. The molecule has 0 radical (unpaired) electrons. The Morgan fingerprint density at radius 1 is 1.12 bits per heavy atom. The van der Waals surface area contributed by atoms with Crippen LogP contribution in [-0.4, -0.2) is 0 Å². The Morgan fingerprint density at radius 3 is 2.35 bits per heavy atom. The molecule has 0 aliphatic heterocycles. The number of halogens is 1. The first kappa shape index (κ1) is 12.1. The predicted molar refractivity (Wildman–Crippen MR) is 72.8 cm³/mol. The average Bonchev–Trinajstić information content (AvgIpc) is 2.70. The van der Waals surface area contributed by atoms with E-state index in [1.54, 1.807) is 23.5 Å². The van der Waals surface area contributed by atoms with E-state index in [4.69, 9.17) is 5.73 Å². The molecule has 17 heavy (non-hydrogen) atoms. The second kappa shape index (κ2) is 4.15. The Labute approximate surface area is 105 Å². The van der Waals surface area contributed by atoms with Gasteiger partial charge in [0.15, 0.2) is 0 Å². The van der Waals surface area contributed by atoms with E-state index in [2.05, 4.69) is 32.9 Å². The summed E-state index contributed by atoms with van der Waals surface area (Å²) in [6.45, 7) is 6.55. The lowest BCUT2D eigenvalue weighted by molar-refractivity contribution is 0.604. The highest BCUT2D eigenvalue weighted by molar-refractivity contribution is 7.15. The van der Waals surface area contributed by atoms with Crippen LogP contribution in [0.15, 0.2) is 30.3 Å². The molecule has 0 aliphatic carbocycles. The molecule has 0 saturated carbocycles. The minimum absolute atomic E-state index is 0.147. The highest BCUT2D eigenvalue weighted by Gasteiger charge is 2.16. The van der Waals surface area contributed by atoms with Crippen LogP contribution in [0.5, 0.6) is 0 Å². The van der Waals surface area contributed by atoms with Gasteiger partial charge in [-0.2, -0.15) is 0 Å². The zero-order valence-electron chi connectivity index (χ0n) is 10.3. The number of thiophene rings is 1. The molecule has 1 nitrogen and oxygen atoms in total. The summed E-state index contributed by atoms with van der Waals surface area (Å²) in [5.41, 5.74) is 6.91. The molecule has 0 unspecified atom stereocenters. The number of hydrogen-bond donors (Lipinski definition) is 1. The van der Waals surface area contributed by atoms with Gasteiger partial charge >= 0.3 is 0 Å². The highest BCUT2D eigenvalue weighted by Crippen LogP contribution is 2.35. The third-order valence-corrected chi connectivity index (χ3v) is 4.19. The molecule has 0 fully saturated rings. The topological polar surface area (TPSA) is 26.0 Å². The number of nitrogens with two attached hydrogens (primary N) is 1. The maximum Gasteiger partial charge on any atom is 0.146 e. The molecule has 0 saturated heterocycles. The van der Waals surface area contributed by atoms with E-state index in [-0.39, 0.29) is 16.9 Å². The monoisotopic (exact) mass is 249 g/mol. The van der Waals surface area contributed by atoms with Gasteiger partial charge in [0.2, 0.25) is 0 Å². The minimum atomic E-state index is -0.360. The second-order valence-electron chi connectivity index (χ2n) is 5.15. The second-order valence-corrected chi connectivity index (χ2v) is 6.23. The third kappa shape index (κ3) is 2.50. The number of nitrogen functional groups attached to an aromatic ring is 1. The first-order valence-corrected chi connectivity index (χ1v) is 6.35. The van der Waals surface area contributed by atoms with Crippen molar-refractivity contribution in [2.75, 3.05) is 5.73 Å². The normalized spacial score (nSPS) is 11.8. The summed E-state index contributed by atoms with van der Waals surface area (Å²) >= 11 is 1.73. The van der Waals surface area contributed by atoms with E-state index in [1.807, 2.05) is 0 Å². The molecule has 0 atom stereocenters. The van der Waals surface area contributed by atoms with E-state index in [1.165, 1.54) is 10.9 Å². The van der Waals surface area contributed by atoms with Crippen LogP contribution in [0, 0.1) is 5.82 Å². The lowest BCUT2D eigenvalue weighted by Crippen LogP contribution is -2.07. The molecule has 0 spiro atoms. The predicted octanol–water partition coefficient (Wildman–Crippen LogP) is 4.43. The smallest absolute Gasteiger partial charge is 0.146 e. The van der Waals surface area contributed by atoms with Crippen molar-refractivity contribution < 1.29 is 4.39 Å². The SMILES string of the molecule is CC(C)(C)c1ccc(-c2ccc(F)c(N)c2)s1. The molecular formula is C14H16FNS. The fourth-order valence-corrected chi connectivity index (χ4v) is 2.65. The number of anilines is 1. The van der Waals surface area contributed by atoms with Crippen LogP contribution >= 0.6 is 11.3 Å². The molecule has 1 aromatic heterocycles. The van der Waals surface area contributed by atoms with Gasteiger partial charge in [-0.15, -0.1) is 11.3 Å². The van der Waals surface area contributed by atoms with Gasteiger partial charge in [-0.05, 0) is 35.2 Å². The standard InChI is InChI=1S/C14H16FNS/c1-14(2,3)13-7-6-12(17-13)9-4-5-10(15)11(16)8-9/h4-8H,16H2,1-3H3. The van der Waals surface area contributed by atoms with Crippen molar-refractivity contribution in [3.8, 4) is 10.4 Å². The van der Waals surface area contributed by atoms with Gasteiger partial charge < -0.3 is 5.73 Å². The largest absolute Gasteiger partial charge is 0.396 e. The molecule has 0 bridgehead atoms.